The topological polar surface area (TPSA) is 69.4 Å². The van der Waals surface area contributed by atoms with Crippen LogP contribution < -0.4 is 5.69 Å². The predicted molar refractivity (Wildman–Crippen MR) is 106 cm³/mol. The van der Waals surface area contributed by atoms with Crippen LogP contribution in [-0.2, 0) is 11.3 Å². The second-order valence-electron chi connectivity index (χ2n) is 7.92. The van der Waals surface area contributed by atoms with Crippen LogP contribution in [0.3, 0.4) is 0 Å². The first-order valence-corrected chi connectivity index (χ1v) is 10.1. The summed E-state index contributed by atoms with van der Waals surface area (Å²) >= 11 is 0. The number of nitrogens with zero attached hydrogens (tertiary/aromatic N) is 4. The number of likely N-dealkylation sites (tertiary alicyclic amines) is 1. The molecule has 1 unspecified atom stereocenters. The predicted octanol–water partition coefficient (Wildman–Crippen LogP) is 2.35. The van der Waals surface area contributed by atoms with Crippen LogP contribution in [0.15, 0.2) is 29.1 Å². The van der Waals surface area contributed by atoms with Crippen molar-refractivity contribution in [3.05, 3.63) is 51.7 Å². The van der Waals surface area contributed by atoms with Gasteiger partial charge in [0, 0.05) is 37.7 Å². The molecular formula is C21H28N4O3. The van der Waals surface area contributed by atoms with Crippen molar-refractivity contribution >= 4 is 5.91 Å². The number of benzene rings is 1. The first kappa shape index (κ1) is 18.9. The molecule has 1 aliphatic heterocycles. The number of hydrogen-bond acceptors (Lipinski definition) is 4. The summed E-state index contributed by atoms with van der Waals surface area (Å²) in [6.07, 6.45) is 3.93. The van der Waals surface area contributed by atoms with Crippen LogP contribution in [0, 0.1) is 6.92 Å². The number of hydrogen-bond donors (Lipinski definition) is 0. The van der Waals surface area contributed by atoms with E-state index in [-0.39, 0.29) is 23.6 Å². The molecule has 1 saturated heterocycles. The van der Waals surface area contributed by atoms with Crippen molar-refractivity contribution in [3.8, 4) is 0 Å². The molecule has 4 rings (SSSR count). The standard InChI is InChI=1S/C21H28N4O3/c1-15-5-3-6-16(13-15)20(26)23-10-4-7-17(14-23)19-22-24(11-12-28-2)21(27)25(19)18-8-9-18/h3,5-6,13,17-18H,4,7-12,14H2,1-2H3. The van der Waals surface area contributed by atoms with E-state index >= 15 is 0 Å². The number of amides is 1. The van der Waals surface area contributed by atoms with Crippen molar-refractivity contribution in [3.63, 3.8) is 0 Å². The molecule has 2 fully saturated rings. The normalized spacial score (nSPS) is 19.8. The third kappa shape index (κ3) is 3.76. The summed E-state index contributed by atoms with van der Waals surface area (Å²) in [5, 5.41) is 4.66. The Bertz CT molecular complexity index is 913. The summed E-state index contributed by atoms with van der Waals surface area (Å²) < 4.78 is 8.52. The lowest BCUT2D eigenvalue weighted by molar-refractivity contribution is 0.0703. The second kappa shape index (κ2) is 7.91. The molecule has 0 radical (unpaired) electrons. The number of rotatable bonds is 6. The van der Waals surface area contributed by atoms with E-state index in [1.807, 2.05) is 40.7 Å². The van der Waals surface area contributed by atoms with Gasteiger partial charge >= 0.3 is 5.69 Å². The maximum absolute atomic E-state index is 13.0. The van der Waals surface area contributed by atoms with Gasteiger partial charge in [-0.15, -0.1) is 0 Å². The zero-order valence-electron chi connectivity index (χ0n) is 16.6. The third-order valence-electron chi connectivity index (χ3n) is 5.65. The monoisotopic (exact) mass is 384 g/mol. The molecule has 1 aliphatic carbocycles. The fourth-order valence-electron chi connectivity index (χ4n) is 4.05. The average Bonchev–Trinajstić information content (AvgIpc) is 3.49. The molecule has 1 saturated carbocycles. The first-order valence-electron chi connectivity index (χ1n) is 10.1. The Morgan fingerprint density at radius 1 is 1.29 bits per heavy atom. The summed E-state index contributed by atoms with van der Waals surface area (Å²) in [5.74, 6) is 0.998. The zero-order chi connectivity index (χ0) is 19.7. The molecule has 7 heteroatoms. The van der Waals surface area contributed by atoms with Crippen LogP contribution in [-0.4, -0.2) is 52.0 Å². The highest BCUT2D eigenvalue weighted by atomic mass is 16.5. The van der Waals surface area contributed by atoms with Crippen molar-refractivity contribution < 1.29 is 9.53 Å². The fourth-order valence-corrected chi connectivity index (χ4v) is 4.05. The minimum atomic E-state index is -0.0447. The van der Waals surface area contributed by atoms with Crippen molar-refractivity contribution in [2.45, 2.75) is 51.1 Å². The number of methoxy groups -OCH3 is 1. The Balaban J connectivity index is 1.58. The van der Waals surface area contributed by atoms with Gasteiger partial charge in [-0.1, -0.05) is 17.7 Å². The van der Waals surface area contributed by atoms with Gasteiger partial charge in [0.15, 0.2) is 0 Å². The van der Waals surface area contributed by atoms with Gasteiger partial charge in [0.25, 0.3) is 5.91 Å². The number of aryl methyl sites for hydroxylation is 1. The lowest BCUT2D eigenvalue weighted by atomic mass is 9.96. The van der Waals surface area contributed by atoms with Crippen molar-refractivity contribution in [2.75, 3.05) is 26.8 Å². The van der Waals surface area contributed by atoms with Gasteiger partial charge in [-0.2, -0.15) is 5.10 Å². The highest BCUT2D eigenvalue weighted by Crippen LogP contribution is 2.37. The number of aromatic nitrogens is 3. The number of ether oxygens (including phenoxy) is 1. The maximum atomic E-state index is 13.0. The largest absolute Gasteiger partial charge is 0.383 e. The number of carbonyl (C=O) groups is 1. The minimum Gasteiger partial charge on any atom is -0.383 e. The smallest absolute Gasteiger partial charge is 0.346 e. The summed E-state index contributed by atoms with van der Waals surface area (Å²) in [6.45, 7) is 4.28. The van der Waals surface area contributed by atoms with Gasteiger partial charge in [-0.05, 0) is 44.7 Å². The van der Waals surface area contributed by atoms with Gasteiger partial charge in [0.2, 0.25) is 0 Å². The molecule has 1 amide bonds. The molecule has 0 spiro atoms. The van der Waals surface area contributed by atoms with E-state index in [4.69, 9.17) is 4.74 Å². The summed E-state index contributed by atoms with van der Waals surface area (Å²) in [4.78, 5) is 27.7. The molecule has 2 heterocycles. The summed E-state index contributed by atoms with van der Waals surface area (Å²) in [7, 11) is 1.62. The van der Waals surface area contributed by atoms with Crippen LogP contribution in [0.5, 0.6) is 0 Å². The molecule has 1 aromatic carbocycles. The second-order valence-corrected chi connectivity index (χ2v) is 7.92. The summed E-state index contributed by atoms with van der Waals surface area (Å²) in [5.41, 5.74) is 1.77. The van der Waals surface area contributed by atoms with E-state index in [0.717, 1.165) is 49.2 Å². The average molecular weight is 384 g/mol. The van der Waals surface area contributed by atoms with Gasteiger partial charge in [-0.25, -0.2) is 9.48 Å². The maximum Gasteiger partial charge on any atom is 0.346 e. The Kier molecular flexibility index (Phi) is 5.35. The highest BCUT2D eigenvalue weighted by molar-refractivity contribution is 5.94. The molecule has 0 N–H and O–H groups in total. The molecule has 7 nitrogen and oxygen atoms in total. The van der Waals surface area contributed by atoms with E-state index < -0.39 is 0 Å². The van der Waals surface area contributed by atoms with E-state index in [1.54, 1.807) is 7.11 Å². The van der Waals surface area contributed by atoms with Crippen molar-refractivity contribution in [1.29, 1.82) is 0 Å². The van der Waals surface area contributed by atoms with Gasteiger partial charge in [0.05, 0.1) is 13.2 Å². The van der Waals surface area contributed by atoms with Gasteiger partial charge in [-0.3, -0.25) is 9.36 Å². The SMILES string of the molecule is COCCn1nc(C2CCCN(C(=O)c3cccc(C)c3)C2)n(C2CC2)c1=O. The minimum absolute atomic E-state index is 0.0447. The van der Waals surface area contributed by atoms with Gasteiger partial charge in [0.1, 0.15) is 5.82 Å². The Labute approximate surface area is 164 Å². The number of piperidine rings is 1. The molecule has 1 atom stereocenters. The van der Waals surface area contributed by atoms with Crippen LogP contribution in [0.4, 0.5) is 0 Å². The third-order valence-corrected chi connectivity index (χ3v) is 5.65. The Morgan fingerprint density at radius 3 is 2.82 bits per heavy atom. The molecule has 2 aliphatic rings. The van der Waals surface area contributed by atoms with E-state index in [2.05, 4.69) is 5.10 Å². The zero-order valence-corrected chi connectivity index (χ0v) is 16.6. The van der Waals surface area contributed by atoms with Crippen LogP contribution in [0.1, 0.15) is 59.4 Å². The Hall–Kier alpha value is -2.41. The molecule has 28 heavy (non-hydrogen) atoms. The lowest BCUT2D eigenvalue weighted by Gasteiger charge is -2.32. The summed E-state index contributed by atoms with van der Waals surface area (Å²) in [6, 6.07) is 7.99. The molecule has 1 aromatic heterocycles. The van der Waals surface area contributed by atoms with E-state index in [1.165, 1.54) is 4.68 Å². The van der Waals surface area contributed by atoms with Crippen LogP contribution >= 0.6 is 0 Å². The van der Waals surface area contributed by atoms with Crippen molar-refractivity contribution in [1.82, 2.24) is 19.2 Å². The quantitative estimate of drug-likeness (QED) is 0.767. The van der Waals surface area contributed by atoms with Crippen LogP contribution in [0.2, 0.25) is 0 Å². The highest BCUT2D eigenvalue weighted by Gasteiger charge is 2.35. The van der Waals surface area contributed by atoms with E-state index in [9.17, 15) is 9.59 Å². The van der Waals surface area contributed by atoms with Crippen molar-refractivity contribution in [2.24, 2.45) is 0 Å². The number of carbonyl (C=O) groups excluding carboxylic acids is 1. The first-order chi connectivity index (χ1) is 13.6. The molecular weight excluding hydrogens is 356 g/mol. The molecule has 0 bridgehead atoms. The molecule has 2 aromatic rings. The van der Waals surface area contributed by atoms with Crippen LogP contribution in [0.25, 0.3) is 0 Å². The van der Waals surface area contributed by atoms with Gasteiger partial charge < -0.3 is 9.64 Å². The van der Waals surface area contributed by atoms with E-state index in [0.29, 0.717) is 19.7 Å². The Morgan fingerprint density at radius 2 is 2.11 bits per heavy atom. The molecule has 150 valence electrons. The fraction of sp³-hybridized carbons (Fsp3) is 0.571. The lowest BCUT2D eigenvalue weighted by Crippen LogP contribution is -2.40.